The summed E-state index contributed by atoms with van der Waals surface area (Å²) in [5.74, 6) is -0.647. The minimum Gasteiger partial charge on any atom is -0.462 e. The lowest BCUT2D eigenvalue weighted by atomic mass is 9.91. The molecule has 5 rings (SSSR count). The van der Waals surface area contributed by atoms with Gasteiger partial charge in [0, 0.05) is 28.9 Å². The van der Waals surface area contributed by atoms with Gasteiger partial charge in [0.1, 0.15) is 0 Å². The predicted molar refractivity (Wildman–Crippen MR) is 128 cm³/mol. The summed E-state index contributed by atoms with van der Waals surface area (Å²) in [5.41, 5.74) is 2.03. The van der Waals surface area contributed by atoms with Gasteiger partial charge in [0.25, 0.3) is 0 Å². The van der Waals surface area contributed by atoms with E-state index in [9.17, 15) is 9.90 Å². The van der Waals surface area contributed by atoms with Crippen molar-refractivity contribution in [3.63, 3.8) is 0 Å². The number of nitrogens with zero attached hydrogens (tertiary/aromatic N) is 2. The number of esters is 1. The molecule has 1 aromatic heterocycles. The normalized spacial score (nSPS) is 17.7. The molecule has 2 aliphatic rings. The van der Waals surface area contributed by atoms with Crippen molar-refractivity contribution in [2.24, 2.45) is 0 Å². The molecular weight excluding hydrogens is 412 g/mol. The molecule has 3 aromatic rings. The molecule has 0 bridgehead atoms. The van der Waals surface area contributed by atoms with Crippen molar-refractivity contribution in [2.45, 2.75) is 37.2 Å². The monoisotopic (exact) mass is 442 g/mol. The average Bonchev–Trinajstić information content (AvgIpc) is 3.15. The summed E-state index contributed by atoms with van der Waals surface area (Å²) in [5, 5.41) is 11.7. The maximum atomic E-state index is 13.4. The first-order valence-corrected chi connectivity index (χ1v) is 11.9. The number of likely N-dealkylation sites (tertiary alicyclic amines) is 1. The van der Waals surface area contributed by atoms with Crippen LogP contribution in [0, 0.1) is 0 Å². The molecule has 0 spiro atoms. The quantitative estimate of drug-likeness (QED) is 0.546. The van der Waals surface area contributed by atoms with E-state index >= 15 is 0 Å². The Morgan fingerprint density at radius 1 is 0.939 bits per heavy atom. The van der Waals surface area contributed by atoms with Gasteiger partial charge in [0.05, 0.1) is 6.61 Å². The molecule has 0 amide bonds. The topological polar surface area (TPSA) is 62.7 Å². The van der Waals surface area contributed by atoms with Crippen molar-refractivity contribution < 1.29 is 14.6 Å². The second-order valence-electron chi connectivity index (χ2n) is 9.04. The number of hydrogen-bond donors (Lipinski definition) is 1. The number of fused-ring (bicyclic) bond motifs is 3. The number of carbonyl (C=O) groups is 1. The summed E-state index contributed by atoms with van der Waals surface area (Å²) in [6.45, 7) is 3.40. The Labute approximate surface area is 195 Å². The summed E-state index contributed by atoms with van der Waals surface area (Å²) < 4.78 is 5.85. The molecule has 1 aliphatic carbocycles. The van der Waals surface area contributed by atoms with Crippen molar-refractivity contribution >= 4 is 5.97 Å². The lowest BCUT2D eigenvalue weighted by Crippen LogP contribution is -2.38. The second kappa shape index (κ2) is 9.46. The van der Waals surface area contributed by atoms with E-state index in [1.807, 2.05) is 66.7 Å². The minimum atomic E-state index is -1.80. The number of piperidine rings is 1. The molecular formula is C28H30N2O3. The van der Waals surface area contributed by atoms with E-state index in [0.29, 0.717) is 11.1 Å². The third-order valence-electron chi connectivity index (χ3n) is 6.98. The number of carbonyl (C=O) groups excluding carboxylic acids is 1. The van der Waals surface area contributed by atoms with Gasteiger partial charge in [0.2, 0.25) is 5.60 Å². The van der Waals surface area contributed by atoms with Crippen LogP contribution in [0.1, 0.15) is 48.4 Å². The zero-order valence-electron chi connectivity index (χ0n) is 18.8. The lowest BCUT2D eigenvalue weighted by Gasteiger charge is -2.29. The molecule has 1 atom stereocenters. The first-order chi connectivity index (χ1) is 16.2. The smallest absolute Gasteiger partial charge is 0.347 e. The number of aromatic nitrogens is 1. The predicted octanol–water partition coefficient (Wildman–Crippen LogP) is 4.50. The number of benzene rings is 2. The van der Waals surface area contributed by atoms with Gasteiger partial charge in [0.15, 0.2) is 0 Å². The first kappa shape index (κ1) is 21.8. The highest BCUT2D eigenvalue weighted by atomic mass is 16.5. The molecule has 33 heavy (non-hydrogen) atoms. The molecule has 2 aromatic carbocycles. The van der Waals surface area contributed by atoms with Gasteiger partial charge in [-0.1, -0.05) is 61.0 Å². The first-order valence-electron chi connectivity index (χ1n) is 11.9. The van der Waals surface area contributed by atoms with E-state index in [1.165, 1.54) is 19.3 Å². The van der Waals surface area contributed by atoms with Crippen LogP contribution in [-0.4, -0.2) is 47.2 Å². The van der Waals surface area contributed by atoms with Crippen LogP contribution in [0.2, 0.25) is 0 Å². The van der Waals surface area contributed by atoms with Gasteiger partial charge >= 0.3 is 5.97 Å². The highest BCUT2D eigenvalue weighted by molar-refractivity contribution is 5.96. The van der Waals surface area contributed by atoms with Crippen molar-refractivity contribution in [1.82, 2.24) is 9.88 Å². The van der Waals surface area contributed by atoms with Crippen LogP contribution in [0.25, 0.3) is 11.1 Å². The van der Waals surface area contributed by atoms with Crippen LogP contribution in [0.4, 0.5) is 0 Å². The van der Waals surface area contributed by atoms with Crippen LogP contribution in [-0.2, 0) is 15.1 Å². The molecule has 5 heteroatoms. The molecule has 0 radical (unpaired) electrons. The van der Waals surface area contributed by atoms with Crippen LogP contribution < -0.4 is 0 Å². The summed E-state index contributed by atoms with van der Waals surface area (Å²) in [7, 11) is 0. The van der Waals surface area contributed by atoms with Crippen LogP contribution >= 0.6 is 0 Å². The average molecular weight is 443 g/mol. The maximum absolute atomic E-state index is 13.4. The van der Waals surface area contributed by atoms with Crippen molar-refractivity contribution in [3.8, 4) is 11.1 Å². The number of pyridine rings is 1. The Kier molecular flexibility index (Phi) is 6.25. The molecule has 1 aliphatic heterocycles. The zero-order chi connectivity index (χ0) is 22.7. The second-order valence-corrected chi connectivity index (χ2v) is 9.04. The Hall–Kier alpha value is -3.02. The highest BCUT2D eigenvalue weighted by Crippen LogP contribution is 2.48. The Morgan fingerprint density at radius 2 is 1.58 bits per heavy atom. The van der Waals surface area contributed by atoms with Gasteiger partial charge in [-0.25, -0.2) is 4.79 Å². The third kappa shape index (κ3) is 4.19. The summed E-state index contributed by atoms with van der Waals surface area (Å²) in [6, 6.07) is 20.9. The maximum Gasteiger partial charge on any atom is 0.347 e. The molecule has 0 saturated carbocycles. The summed E-state index contributed by atoms with van der Waals surface area (Å²) >= 11 is 0. The van der Waals surface area contributed by atoms with Gasteiger partial charge < -0.3 is 14.7 Å². The van der Waals surface area contributed by atoms with Crippen LogP contribution in [0.5, 0.6) is 0 Å². The number of rotatable bonds is 7. The fourth-order valence-electron chi connectivity index (χ4n) is 5.17. The van der Waals surface area contributed by atoms with E-state index < -0.39 is 11.6 Å². The van der Waals surface area contributed by atoms with E-state index in [4.69, 9.17) is 4.74 Å². The Bertz CT molecular complexity index is 1060. The molecule has 170 valence electrons. The largest absolute Gasteiger partial charge is 0.462 e. The highest BCUT2D eigenvalue weighted by Gasteiger charge is 2.49. The lowest BCUT2D eigenvalue weighted by molar-refractivity contribution is -0.162. The molecule has 1 saturated heterocycles. The number of aliphatic hydroxyl groups is 1. The Balaban J connectivity index is 1.35. The Morgan fingerprint density at radius 3 is 2.21 bits per heavy atom. The molecule has 1 fully saturated rings. The third-order valence-corrected chi connectivity index (χ3v) is 6.98. The van der Waals surface area contributed by atoms with Crippen LogP contribution in [0.15, 0.2) is 72.9 Å². The summed E-state index contributed by atoms with van der Waals surface area (Å²) in [6.07, 6.45) is 6.43. The van der Waals surface area contributed by atoms with Gasteiger partial charge in [-0.05, 0) is 62.2 Å². The molecule has 1 N–H and O–H groups in total. The SMILES string of the molecule is O=C(OC[C@H](CCN1CCCCC1)c1ccccn1)C1(O)c2ccccc2-c2ccccc21. The summed E-state index contributed by atoms with van der Waals surface area (Å²) in [4.78, 5) is 20.5. The van der Waals surface area contributed by atoms with E-state index in [2.05, 4.69) is 9.88 Å². The molecule has 2 heterocycles. The number of ether oxygens (including phenoxy) is 1. The van der Waals surface area contributed by atoms with Crippen molar-refractivity contribution in [1.29, 1.82) is 0 Å². The van der Waals surface area contributed by atoms with Crippen LogP contribution in [0.3, 0.4) is 0 Å². The minimum absolute atomic E-state index is 0.0208. The van der Waals surface area contributed by atoms with E-state index in [-0.39, 0.29) is 12.5 Å². The van der Waals surface area contributed by atoms with Gasteiger partial charge in [-0.2, -0.15) is 0 Å². The van der Waals surface area contributed by atoms with Crippen molar-refractivity contribution in [3.05, 3.63) is 89.7 Å². The van der Waals surface area contributed by atoms with E-state index in [0.717, 1.165) is 42.9 Å². The fraction of sp³-hybridized carbons (Fsp3) is 0.357. The standard InChI is InChI=1S/C28H30N2O3/c31-27(28(32)24-12-4-2-10-22(24)23-11-3-5-13-25(23)28)33-20-21(26-14-6-7-16-29-26)15-19-30-17-8-1-9-18-30/h2-7,10-14,16,21,32H,1,8-9,15,17-20H2/t21-/m0/s1. The van der Waals surface area contributed by atoms with Gasteiger partial charge in [-0.3, -0.25) is 4.98 Å². The van der Waals surface area contributed by atoms with E-state index in [1.54, 1.807) is 6.20 Å². The zero-order valence-corrected chi connectivity index (χ0v) is 18.8. The fourth-order valence-corrected chi connectivity index (χ4v) is 5.17. The van der Waals surface area contributed by atoms with Gasteiger partial charge in [-0.15, -0.1) is 0 Å². The number of hydrogen-bond acceptors (Lipinski definition) is 5. The molecule has 5 nitrogen and oxygen atoms in total. The molecule has 0 unspecified atom stereocenters. The van der Waals surface area contributed by atoms with Crippen molar-refractivity contribution in [2.75, 3.05) is 26.2 Å².